The van der Waals surface area contributed by atoms with E-state index >= 15 is 0 Å². The second kappa shape index (κ2) is 5.34. The monoisotopic (exact) mass is 269 g/mol. The average Bonchev–Trinajstić information content (AvgIpc) is 2.83. The molecule has 0 spiro atoms. The van der Waals surface area contributed by atoms with E-state index in [9.17, 15) is 13.2 Å². The van der Waals surface area contributed by atoms with E-state index < -0.39 is 11.7 Å². The minimum Gasteiger partial charge on any atom is -0.379 e. The van der Waals surface area contributed by atoms with Crippen molar-refractivity contribution in [1.82, 2.24) is 9.55 Å². The number of hydrogen-bond acceptors (Lipinski definition) is 2. The van der Waals surface area contributed by atoms with Gasteiger partial charge in [0, 0.05) is 18.4 Å². The van der Waals surface area contributed by atoms with Crippen molar-refractivity contribution >= 4 is 5.69 Å². The number of nitrogens with one attached hydrogen (secondary N) is 1. The van der Waals surface area contributed by atoms with Crippen LogP contribution in [0.2, 0.25) is 0 Å². The highest BCUT2D eigenvalue weighted by atomic mass is 19.4. The smallest absolute Gasteiger partial charge is 0.379 e. The Hall–Kier alpha value is -1.98. The molecule has 0 atom stereocenters. The van der Waals surface area contributed by atoms with Gasteiger partial charge in [0.05, 0.1) is 24.1 Å². The van der Waals surface area contributed by atoms with E-state index in [0.29, 0.717) is 12.2 Å². The van der Waals surface area contributed by atoms with Gasteiger partial charge in [-0.3, -0.25) is 0 Å². The van der Waals surface area contributed by atoms with Crippen LogP contribution in [0.25, 0.3) is 0 Å². The van der Waals surface area contributed by atoms with Crippen molar-refractivity contribution in [3.63, 3.8) is 0 Å². The lowest BCUT2D eigenvalue weighted by Crippen LogP contribution is -2.08. The maximum atomic E-state index is 12.6. The zero-order valence-corrected chi connectivity index (χ0v) is 10.4. The van der Waals surface area contributed by atoms with Crippen molar-refractivity contribution < 1.29 is 13.2 Å². The third-order valence-electron chi connectivity index (χ3n) is 2.80. The third-order valence-corrected chi connectivity index (χ3v) is 2.80. The number of benzene rings is 1. The van der Waals surface area contributed by atoms with Crippen LogP contribution in [0.4, 0.5) is 18.9 Å². The summed E-state index contributed by atoms with van der Waals surface area (Å²) in [7, 11) is 0. The van der Waals surface area contributed by atoms with Gasteiger partial charge in [-0.1, -0.05) is 6.07 Å². The van der Waals surface area contributed by atoms with Crippen molar-refractivity contribution in [3.05, 3.63) is 48.0 Å². The highest BCUT2D eigenvalue weighted by Gasteiger charge is 2.30. The molecular weight excluding hydrogens is 255 g/mol. The minimum absolute atomic E-state index is 0.440. The Morgan fingerprint density at radius 3 is 2.79 bits per heavy atom. The summed E-state index contributed by atoms with van der Waals surface area (Å²) in [6.07, 6.45) is -0.920. The van der Waals surface area contributed by atoms with E-state index in [2.05, 4.69) is 10.3 Å². The molecule has 1 heterocycles. The van der Waals surface area contributed by atoms with Gasteiger partial charge >= 0.3 is 6.18 Å². The number of aryl methyl sites for hydroxylation is 1. The van der Waals surface area contributed by atoms with Crippen molar-refractivity contribution in [3.8, 4) is 0 Å². The number of nitrogens with zero attached hydrogens (tertiary/aromatic N) is 2. The van der Waals surface area contributed by atoms with Crippen LogP contribution in [-0.2, 0) is 19.3 Å². The van der Waals surface area contributed by atoms with Gasteiger partial charge < -0.3 is 9.88 Å². The topological polar surface area (TPSA) is 29.9 Å². The number of hydrogen-bond donors (Lipinski definition) is 1. The first-order valence-electron chi connectivity index (χ1n) is 5.91. The maximum absolute atomic E-state index is 12.6. The number of halogens is 3. The summed E-state index contributed by atoms with van der Waals surface area (Å²) in [4.78, 5) is 4.01. The van der Waals surface area contributed by atoms with Crippen molar-refractivity contribution in [2.45, 2.75) is 26.2 Å². The van der Waals surface area contributed by atoms with Crippen LogP contribution in [0.3, 0.4) is 0 Å². The summed E-state index contributed by atoms with van der Waals surface area (Å²) >= 11 is 0. The first kappa shape index (κ1) is 13.5. The van der Waals surface area contributed by atoms with Gasteiger partial charge in [0.1, 0.15) is 0 Å². The maximum Gasteiger partial charge on any atom is 0.416 e. The highest BCUT2D eigenvalue weighted by Crippen LogP contribution is 2.30. The van der Waals surface area contributed by atoms with Gasteiger partial charge in [0.2, 0.25) is 0 Å². The molecule has 1 N–H and O–H groups in total. The van der Waals surface area contributed by atoms with Gasteiger partial charge in [-0.05, 0) is 25.1 Å². The number of imidazole rings is 1. The van der Waals surface area contributed by atoms with E-state index in [1.54, 1.807) is 18.6 Å². The Bertz CT molecular complexity index is 546. The molecule has 0 aliphatic carbocycles. The second-order valence-corrected chi connectivity index (χ2v) is 4.10. The predicted octanol–water partition coefficient (Wildman–Crippen LogP) is 3.53. The van der Waals surface area contributed by atoms with E-state index in [4.69, 9.17) is 0 Å². The molecule has 2 rings (SSSR count). The summed E-state index contributed by atoms with van der Waals surface area (Å²) in [5, 5.41) is 2.97. The van der Waals surface area contributed by atoms with Gasteiger partial charge in [-0.15, -0.1) is 0 Å². The standard InChI is InChI=1S/C13H14F3N3/c1-2-19-9-17-7-12(19)8-18-11-5-3-4-10(6-11)13(14,15)16/h3-7,9,18H,2,8H2,1H3. The fraction of sp³-hybridized carbons (Fsp3) is 0.308. The highest BCUT2D eigenvalue weighted by molar-refractivity contribution is 5.46. The first-order valence-corrected chi connectivity index (χ1v) is 5.91. The summed E-state index contributed by atoms with van der Waals surface area (Å²) < 4.78 is 39.6. The third kappa shape index (κ3) is 3.27. The Balaban J connectivity index is 2.08. The zero-order valence-electron chi connectivity index (χ0n) is 10.4. The minimum atomic E-state index is -4.32. The van der Waals surface area contributed by atoms with Crippen LogP contribution in [-0.4, -0.2) is 9.55 Å². The molecule has 2 aromatic rings. The normalized spacial score (nSPS) is 11.6. The SMILES string of the molecule is CCn1cncc1CNc1cccc(C(F)(F)F)c1. The number of aromatic nitrogens is 2. The van der Waals surface area contributed by atoms with Crippen LogP contribution >= 0.6 is 0 Å². The van der Waals surface area contributed by atoms with Gasteiger partial charge in [-0.25, -0.2) is 4.98 Å². The number of anilines is 1. The molecule has 6 heteroatoms. The van der Waals surface area contributed by atoms with E-state index in [0.717, 1.165) is 24.4 Å². The molecule has 0 aliphatic rings. The average molecular weight is 269 g/mol. The van der Waals surface area contributed by atoms with E-state index in [1.807, 2.05) is 11.5 Å². The lowest BCUT2D eigenvalue weighted by molar-refractivity contribution is -0.137. The summed E-state index contributed by atoms with van der Waals surface area (Å²) in [6.45, 7) is 3.20. The van der Waals surface area contributed by atoms with Crippen LogP contribution < -0.4 is 5.32 Å². The quantitative estimate of drug-likeness (QED) is 0.920. The summed E-state index contributed by atoms with van der Waals surface area (Å²) in [5.41, 5.74) is 0.722. The van der Waals surface area contributed by atoms with Crippen LogP contribution in [0.1, 0.15) is 18.2 Å². The number of rotatable bonds is 4. The molecular formula is C13H14F3N3. The molecule has 0 aliphatic heterocycles. The largest absolute Gasteiger partial charge is 0.416 e. The zero-order chi connectivity index (χ0) is 13.9. The van der Waals surface area contributed by atoms with Crippen molar-refractivity contribution in [2.75, 3.05) is 5.32 Å². The number of alkyl halides is 3. The molecule has 0 saturated heterocycles. The fourth-order valence-electron chi connectivity index (χ4n) is 1.78. The predicted molar refractivity (Wildman–Crippen MR) is 66.7 cm³/mol. The lowest BCUT2D eigenvalue weighted by atomic mass is 10.2. The summed E-state index contributed by atoms with van der Waals surface area (Å²) in [5.74, 6) is 0. The molecule has 0 bridgehead atoms. The molecule has 0 saturated carbocycles. The molecule has 1 aromatic carbocycles. The Morgan fingerprint density at radius 2 is 2.11 bits per heavy atom. The molecule has 0 unspecified atom stereocenters. The molecule has 3 nitrogen and oxygen atoms in total. The molecule has 0 radical (unpaired) electrons. The lowest BCUT2D eigenvalue weighted by Gasteiger charge is -2.11. The molecule has 1 aromatic heterocycles. The fourth-order valence-corrected chi connectivity index (χ4v) is 1.78. The second-order valence-electron chi connectivity index (χ2n) is 4.10. The van der Waals surface area contributed by atoms with E-state index in [1.165, 1.54) is 6.07 Å². The molecule has 0 fully saturated rings. The van der Waals surface area contributed by atoms with Gasteiger partial charge in [0.25, 0.3) is 0 Å². The van der Waals surface area contributed by atoms with Gasteiger partial charge in [0.15, 0.2) is 0 Å². The Kier molecular flexibility index (Phi) is 3.78. The Morgan fingerprint density at radius 1 is 1.32 bits per heavy atom. The van der Waals surface area contributed by atoms with Crippen molar-refractivity contribution in [1.29, 1.82) is 0 Å². The van der Waals surface area contributed by atoms with Crippen molar-refractivity contribution in [2.24, 2.45) is 0 Å². The molecule has 19 heavy (non-hydrogen) atoms. The van der Waals surface area contributed by atoms with E-state index in [-0.39, 0.29) is 0 Å². The Labute approximate surface area is 109 Å². The van der Waals surface area contributed by atoms with Crippen LogP contribution in [0.5, 0.6) is 0 Å². The van der Waals surface area contributed by atoms with Crippen LogP contribution in [0.15, 0.2) is 36.8 Å². The molecule has 0 amide bonds. The van der Waals surface area contributed by atoms with Gasteiger partial charge in [-0.2, -0.15) is 13.2 Å². The van der Waals surface area contributed by atoms with Crippen LogP contribution in [0, 0.1) is 0 Å². The summed E-state index contributed by atoms with van der Waals surface area (Å²) in [6, 6.07) is 5.16. The first-order chi connectivity index (χ1) is 9.00. The molecule has 102 valence electrons.